The lowest BCUT2D eigenvalue weighted by Crippen LogP contribution is -2.39. The van der Waals surface area contributed by atoms with Crippen LogP contribution in [-0.4, -0.2) is 62.4 Å². The van der Waals surface area contributed by atoms with Gasteiger partial charge in [-0.25, -0.2) is 4.79 Å². The molecule has 27 heavy (non-hydrogen) atoms. The van der Waals surface area contributed by atoms with Crippen LogP contribution in [0.1, 0.15) is 12.6 Å². The number of ether oxygens (including phenoxy) is 3. The maximum atomic E-state index is 12.1. The van der Waals surface area contributed by atoms with Gasteiger partial charge in [0.05, 0.1) is 25.7 Å². The second kappa shape index (κ2) is 10.6. The van der Waals surface area contributed by atoms with E-state index in [1.54, 1.807) is 0 Å². The number of nitrogens with zero attached hydrogens (tertiary/aromatic N) is 2. The van der Waals surface area contributed by atoms with Crippen molar-refractivity contribution in [3.05, 3.63) is 33.1 Å². The predicted molar refractivity (Wildman–Crippen MR) is 92.9 cm³/mol. The maximum Gasteiger partial charge on any atom is 0.332 e. The average Bonchev–Trinajstić information content (AvgIpc) is 2.98. The van der Waals surface area contributed by atoms with Crippen molar-refractivity contribution in [1.29, 1.82) is 5.26 Å². The van der Waals surface area contributed by atoms with E-state index < -0.39 is 44.4 Å². The number of aromatic amines is 1. The molecule has 1 aliphatic heterocycles. The van der Waals surface area contributed by atoms with Gasteiger partial charge < -0.3 is 27.8 Å². The van der Waals surface area contributed by atoms with E-state index in [-0.39, 0.29) is 19.6 Å². The summed E-state index contributed by atoms with van der Waals surface area (Å²) in [5.74, 6) is 0. The minimum absolute atomic E-state index is 0.152. The second-order valence-electron chi connectivity index (χ2n) is 5.46. The number of hydrogen-bond donors (Lipinski definition) is 1. The Morgan fingerprint density at radius 1 is 1.33 bits per heavy atom. The van der Waals surface area contributed by atoms with Crippen molar-refractivity contribution in [3.8, 4) is 6.07 Å². The number of nitrogens with one attached hydrogen (secondary N) is 1. The van der Waals surface area contributed by atoms with Crippen molar-refractivity contribution < 1.29 is 27.8 Å². The third-order valence-electron chi connectivity index (χ3n) is 3.78. The molecule has 0 aromatic carbocycles. The van der Waals surface area contributed by atoms with Gasteiger partial charge in [-0.05, 0) is 0 Å². The molecule has 0 saturated carbocycles. The van der Waals surface area contributed by atoms with Gasteiger partial charge in [0.1, 0.15) is 18.3 Å². The molecule has 150 valence electrons. The monoisotopic (exact) mass is 403 g/mol. The molecule has 2 unspecified atom stereocenters. The summed E-state index contributed by atoms with van der Waals surface area (Å²) in [4.78, 5) is 25.6. The van der Waals surface area contributed by atoms with Crippen LogP contribution in [0.2, 0.25) is 0 Å². The fourth-order valence-electron chi connectivity index (χ4n) is 2.63. The van der Waals surface area contributed by atoms with Crippen LogP contribution < -0.4 is 11.2 Å². The Morgan fingerprint density at radius 3 is 2.70 bits per heavy atom. The summed E-state index contributed by atoms with van der Waals surface area (Å²) >= 11 is 0. The van der Waals surface area contributed by atoms with E-state index in [1.807, 2.05) is 6.07 Å². The second-order valence-corrected chi connectivity index (χ2v) is 6.74. The van der Waals surface area contributed by atoms with E-state index in [4.69, 9.17) is 33.0 Å². The number of hydrogen-bond acceptors (Lipinski definition) is 9. The zero-order chi connectivity index (χ0) is 19.8. The molecule has 1 aromatic heterocycles. The summed E-state index contributed by atoms with van der Waals surface area (Å²) in [5.41, 5.74) is -1.15. The van der Waals surface area contributed by atoms with Crippen LogP contribution in [-0.2, 0) is 27.8 Å². The van der Waals surface area contributed by atoms with Gasteiger partial charge in [-0.15, -0.1) is 0 Å². The van der Waals surface area contributed by atoms with Crippen molar-refractivity contribution in [2.24, 2.45) is 0 Å². The van der Waals surface area contributed by atoms with Crippen molar-refractivity contribution in [2.45, 2.75) is 31.0 Å². The fraction of sp³-hybridized carbons (Fsp3) is 0.667. The molecule has 5 atom stereocenters. The summed E-state index contributed by atoms with van der Waals surface area (Å²) in [7, 11) is 2.62. The van der Waals surface area contributed by atoms with Crippen molar-refractivity contribution >= 4 is 8.60 Å². The largest absolute Gasteiger partial charge is 0.382 e. The van der Waals surface area contributed by atoms with Crippen LogP contribution in [0.5, 0.6) is 0 Å². The van der Waals surface area contributed by atoms with Crippen LogP contribution in [0.4, 0.5) is 0 Å². The molecule has 0 aliphatic carbocycles. The van der Waals surface area contributed by atoms with Gasteiger partial charge in [0, 0.05) is 33.6 Å². The fourth-order valence-corrected chi connectivity index (χ4v) is 3.57. The third kappa shape index (κ3) is 5.43. The maximum absolute atomic E-state index is 12.1. The number of H-pyrrole nitrogens is 1. The zero-order valence-corrected chi connectivity index (χ0v) is 16.1. The van der Waals surface area contributed by atoms with Gasteiger partial charge in [0.15, 0.2) is 6.23 Å². The topological polar surface area (TPSA) is 134 Å². The van der Waals surface area contributed by atoms with E-state index in [0.29, 0.717) is 0 Å². The van der Waals surface area contributed by atoms with Crippen LogP contribution >= 0.6 is 8.60 Å². The molecule has 1 N–H and O–H groups in total. The summed E-state index contributed by atoms with van der Waals surface area (Å²) in [5, 5.41) is 8.62. The lowest BCUT2D eigenvalue weighted by Gasteiger charge is -2.25. The van der Waals surface area contributed by atoms with Crippen molar-refractivity contribution in [2.75, 3.05) is 34.5 Å². The highest BCUT2D eigenvalue weighted by Gasteiger charge is 2.48. The first-order valence-corrected chi connectivity index (χ1v) is 9.14. The van der Waals surface area contributed by atoms with Gasteiger partial charge in [0.25, 0.3) is 5.56 Å². The molecule has 0 spiro atoms. The van der Waals surface area contributed by atoms with Crippen molar-refractivity contribution in [3.63, 3.8) is 0 Å². The Kier molecular flexibility index (Phi) is 8.53. The minimum atomic E-state index is -1.76. The SMILES string of the molecule is COC[C@H]1O[C@@H](n2ccc(=O)[nH]c2=O)[C@@H](OC)C1OP(OC)OCCC#N. The summed E-state index contributed by atoms with van der Waals surface area (Å²) in [6.45, 7) is 0.323. The minimum Gasteiger partial charge on any atom is -0.382 e. The van der Waals surface area contributed by atoms with Gasteiger partial charge in [-0.3, -0.25) is 14.3 Å². The summed E-state index contributed by atoms with van der Waals surface area (Å²) in [6, 6.07) is 3.18. The van der Waals surface area contributed by atoms with Crippen LogP contribution in [0.25, 0.3) is 0 Å². The molecule has 12 heteroatoms. The molecule has 1 saturated heterocycles. The number of nitriles is 1. The highest BCUT2D eigenvalue weighted by Crippen LogP contribution is 2.45. The lowest BCUT2D eigenvalue weighted by atomic mass is 10.1. The van der Waals surface area contributed by atoms with Gasteiger partial charge >= 0.3 is 14.3 Å². The molecule has 1 aliphatic rings. The Labute approximate surface area is 156 Å². The molecule has 2 rings (SSSR count). The van der Waals surface area contributed by atoms with Crippen LogP contribution in [0.3, 0.4) is 0 Å². The van der Waals surface area contributed by atoms with E-state index in [0.717, 1.165) is 0 Å². The molecule has 0 bridgehead atoms. The number of aromatic nitrogens is 2. The highest BCUT2D eigenvalue weighted by atomic mass is 31.2. The Balaban J connectivity index is 2.24. The number of rotatable bonds is 10. The molecule has 11 nitrogen and oxygen atoms in total. The van der Waals surface area contributed by atoms with Crippen LogP contribution in [0, 0.1) is 11.3 Å². The summed E-state index contributed by atoms with van der Waals surface area (Å²) in [6.07, 6.45) is -1.29. The lowest BCUT2D eigenvalue weighted by molar-refractivity contribution is -0.0668. The first kappa shape index (κ1) is 21.7. The molecule has 0 amide bonds. The van der Waals surface area contributed by atoms with Gasteiger partial charge in [-0.1, -0.05) is 0 Å². The van der Waals surface area contributed by atoms with Gasteiger partial charge in [-0.2, -0.15) is 5.26 Å². The Hall–Kier alpha value is -1.64. The van der Waals surface area contributed by atoms with Crippen LogP contribution in [0.15, 0.2) is 21.9 Å². The highest BCUT2D eigenvalue weighted by molar-refractivity contribution is 7.41. The molecular formula is C15H22N3O8P. The smallest absolute Gasteiger partial charge is 0.332 e. The normalized spacial score (nSPS) is 26.0. The first-order chi connectivity index (χ1) is 13.0. The van der Waals surface area contributed by atoms with Gasteiger partial charge in [0.2, 0.25) is 0 Å². The van der Waals surface area contributed by atoms with E-state index in [2.05, 4.69) is 4.98 Å². The zero-order valence-electron chi connectivity index (χ0n) is 15.2. The molecule has 1 aromatic rings. The molecule has 1 fully saturated rings. The Morgan fingerprint density at radius 2 is 2.11 bits per heavy atom. The average molecular weight is 403 g/mol. The number of methoxy groups -OCH3 is 2. The summed E-state index contributed by atoms with van der Waals surface area (Å²) < 4.78 is 34.3. The first-order valence-electron chi connectivity index (χ1n) is 8.05. The predicted octanol–water partition coefficient (Wildman–Crippen LogP) is 0.284. The standard InChI is InChI=1S/C15H22N3O8P/c1-21-9-10-12(26-27(23-3)24-8-4-6-16)13(22-2)14(25-10)18-7-5-11(19)17-15(18)20/h5,7,10,12-14H,4,8-9H2,1-3H3,(H,17,19,20)/t10-,12?,13+,14-,27?/m1/s1. The van der Waals surface area contributed by atoms with Crippen molar-refractivity contribution in [1.82, 2.24) is 9.55 Å². The molecule has 2 heterocycles. The van der Waals surface area contributed by atoms with E-state index in [9.17, 15) is 9.59 Å². The molecule has 0 radical (unpaired) electrons. The molecular weight excluding hydrogens is 381 g/mol. The third-order valence-corrected chi connectivity index (χ3v) is 4.89. The van der Waals surface area contributed by atoms with E-state index in [1.165, 1.54) is 38.2 Å². The quantitative estimate of drug-likeness (QED) is 0.432. The Bertz CT molecular complexity index is 748. The van der Waals surface area contributed by atoms with E-state index >= 15 is 0 Å².